The third-order valence-electron chi connectivity index (χ3n) is 4.78. The van der Waals surface area contributed by atoms with Gasteiger partial charge in [-0.2, -0.15) is 0 Å². The molecule has 0 saturated carbocycles. The van der Waals surface area contributed by atoms with Crippen molar-refractivity contribution in [3.63, 3.8) is 0 Å². The van der Waals surface area contributed by atoms with Crippen molar-refractivity contribution in [1.29, 1.82) is 0 Å². The molecule has 5 nitrogen and oxygen atoms in total. The van der Waals surface area contributed by atoms with Crippen LogP contribution in [0.2, 0.25) is 0 Å². The highest BCUT2D eigenvalue weighted by atomic mass is 16.6. The monoisotopic (exact) mass is 275 g/mol. The number of nitro benzene ring substituents is 1. The average Bonchev–Trinajstić information content (AvgIpc) is 2.77. The molecule has 2 bridgehead atoms. The lowest BCUT2D eigenvalue weighted by molar-refractivity contribution is -0.384. The summed E-state index contributed by atoms with van der Waals surface area (Å²) in [6.07, 6.45) is 4.80. The zero-order valence-corrected chi connectivity index (χ0v) is 12.0. The highest BCUT2D eigenvalue weighted by Crippen LogP contribution is 2.33. The number of rotatable bonds is 3. The Morgan fingerprint density at radius 2 is 1.95 bits per heavy atom. The normalized spacial score (nSPS) is 28.4. The molecule has 1 aromatic carbocycles. The minimum absolute atomic E-state index is 0.175. The minimum atomic E-state index is -0.317. The zero-order valence-electron chi connectivity index (χ0n) is 12.0. The first-order valence-electron chi connectivity index (χ1n) is 7.28. The van der Waals surface area contributed by atoms with Gasteiger partial charge in [0.05, 0.1) is 4.92 Å². The molecule has 0 radical (unpaired) electrons. The van der Waals surface area contributed by atoms with Crippen molar-refractivity contribution in [1.82, 2.24) is 5.32 Å². The topological polar surface area (TPSA) is 58.4 Å². The van der Waals surface area contributed by atoms with Gasteiger partial charge in [-0.05, 0) is 38.2 Å². The van der Waals surface area contributed by atoms with E-state index in [0.717, 1.165) is 24.1 Å². The second-order valence-electron chi connectivity index (χ2n) is 6.10. The van der Waals surface area contributed by atoms with Gasteiger partial charge in [-0.25, -0.2) is 0 Å². The van der Waals surface area contributed by atoms with E-state index >= 15 is 0 Å². The first-order chi connectivity index (χ1) is 9.54. The number of nitro groups is 1. The molecule has 0 amide bonds. The van der Waals surface area contributed by atoms with E-state index in [9.17, 15) is 10.1 Å². The van der Waals surface area contributed by atoms with Crippen molar-refractivity contribution in [3.8, 4) is 0 Å². The lowest BCUT2D eigenvalue weighted by atomic mass is 9.97. The maximum atomic E-state index is 11.0. The molecule has 2 aliphatic heterocycles. The Bertz CT molecular complexity index is 520. The minimum Gasteiger partial charge on any atom is -0.371 e. The first kappa shape index (κ1) is 13.4. The van der Waals surface area contributed by atoms with Crippen LogP contribution in [0.3, 0.4) is 0 Å². The summed E-state index contributed by atoms with van der Waals surface area (Å²) < 4.78 is 0. The largest absolute Gasteiger partial charge is 0.371 e. The summed E-state index contributed by atoms with van der Waals surface area (Å²) in [5, 5.41) is 14.6. The highest BCUT2D eigenvalue weighted by molar-refractivity contribution is 5.59. The second-order valence-corrected chi connectivity index (χ2v) is 6.10. The van der Waals surface area contributed by atoms with Crippen LogP contribution < -0.4 is 10.2 Å². The molecule has 20 heavy (non-hydrogen) atoms. The Morgan fingerprint density at radius 3 is 2.55 bits per heavy atom. The molecule has 3 rings (SSSR count). The van der Waals surface area contributed by atoms with Crippen molar-refractivity contribution in [3.05, 3.63) is 33.9 Å². The SMILES string of the molecule is Cc1ccc([N+](=O)[O-])cc1N(C)C1CC2CCC(C1)N2. The molecule has 2 atom stereocenters. The van der Waals surface area contributed by atoms with Gasteiger partial charge in [-0.1, -0.05) is 6.07 Å². The fourth-order valence-electron chi connectivity index (χ4n) is 3.63. The number of aryl methyl sites for hydroxylation is 1. The Hall–Kier alpha value is -1.62. The maximum Gasteiger partial charge on any atom is 0.271 e. The number of hydrogen-bond acceptors (Lipinski definition) is 4. The summed E-state index contributed by atoms with van der Waals surface area (Å²) in [6, 6.07) is 6.87. The van der Waals surface area contributed by atoms with Crippen LogP contribution in [0.5, 0.6) is 0 Å². The zero-order chi connectivity index (χ0) is 14.3. The van der Waals surface area contributed by atoms with E-state index in [-0.39, 0.29) is 10.6 Å². The second kappa shape index (κ2) is 5.05. The standard InChI is InChI=1S/C15H21N3O2/c1-10-3-6-13(18(19)20)9-15(10)17(2)14-7-11-4-5-12(8-14)16-11/h3,6,9,11-12,14,16H,4-5,7-8H2,1-2H3. The van der Waals surface area contributed by atoms with Crippen molar-refractivity contribution in [2.24, 2.45) is 0 Å². The predicted molar refractivity (Wildman–Crippen MR) is 79.2 cm³/mol. The highest BCUT2D eigenvalue weighted by Gasteiger charge is 2.35. The molecule has 2 aliphatic rings. The quantitative estimate of drug-likeness (QED) is 0.680. The third-order valence-corrected chi connectivity index (χ3v) is 4.78. The molecular weight excluding hydrogens is 254 g/mol. The van der Waals surface area contributed by atoms with Crippen LogP contribution in [0.15, 0.2) is 18.2 Å². The summed E-state index contributed by atoms with van der Waals surface area (Å²) in [5.74, 6) is 0. The van der Waals surface area contributed by atoms with Crippen molar-refractivity contribution in [2.75, 3.05) is 11.9 Å². The summed E-state index contributed by atoms with van der Waals surface area (Å²) in [5.41, 5.74) is 2.27. The molecule has 0 aliphatic carbocycles. The van der Waals surface area contributed by atoms with Gasteiger partial charge in [-0.15, -0.1) is 0 Å². The number of piperidine rings is 1. The van der Waals surface area contributed by atoms with Gasteiger partial charge in [0, 0.05) is 43.0 Å². The van der Waals surface area contributed by atoms with Crippen LogP contribution in [0.25, 0.3) is 0 Å². The summed E-state index contributed by atoms with van der Waals surface area (Å²) in [7, 11) is 2.07. The predicted octanol–water partition coefficient (Wildman–Crippen LogP) is 2.62. The van der Waals surface area contributed by atoms with Crippen LogP contribution in [0.1, 0.15) is 31.2 Å². The number of fused-ring (bicyclic) bond motifs is 2. The van der Waals surface area contributed by atoms with Crippen LogP contribution in [0, 0.1) is 17.0 Å². The smallest absolute Gasteiger partial charge is 0.271 e. The van der Waals surface area contributed by atoms with Crippen LogP contribution in [-0.2, 0) is 0 Å². The van der Waals surface area contributed by atoms with Gasteiger partial charge < -0.3 is 10.2 Å². The van der Waals surface area contributed by atoms with Crippen molar-refractivity contribution in [2.45, 2.75) is 50.7 Å². The van der Waals surface area contributed by atoms with E-state index < -0.39 is 0 Å². The number of hydrogen-bond donors (Lipinski definition) is 1. The van der Waals surface area contributed by atoms with Gasteiger partial charge in [0.1, 0.15) is 0 Å². The van der Waals surface area contributed by atoms with E-state index in [4.69, 9.17) is 0 Å². The van der Waals surface area contributed by atoms with E-state index in [0.29, 0.717) is 18.1 Å². The van der Waals surface area contributed by atoms with Crippen LogP contribution in [-0.4, -0.2) is 30.1 Å². The van der Waals surface area contributed by atoms with Crippen LogP contribution in [0.4, 0.5) is 11.4 Å². The number of nitrogens with zero attached hydrogens (tertiary/aromatic N) is 2. The lowest BCUT2D eigenvalue weighted by Gasteiger charge is -2.37. The molecule has 0 spiro atoms. The van der Waals surface area contributed by atoms with Gasteiger partial charge in [0.15, 0.2) is 0 Å². The number of benzene rings is 1. The van der Waals surface area contributed by atoms with Gasteiger partial charge in [-0.3, -0.25) is 10.1 Å². The average molecular weight is 275 g/mol. The molecular formula is C15H21N3O2. The van der Waals surface area contributed by atoms with Crippen LogP contribution >= 0.6 is 0 Å². The Kier molecular flexibility index (Phi) is 3.38. The summed E-state index contributed by atoms with van der Waals surface area (Å²) in [6.45, 7) is 2.02. The number of non-ortho nitro benzene ring substituents is 1. The van der Waals surface area contributed by atoms with Gasteiger partial charge in [0.2, 0.25) is 0 Å². The third kappa shape index (κ3) is 2.38. The Balaban J connectivity index is 1.84. The number of nitrogens with one attached hydrogen (secondary N) is 1. The molecule has 2 fully saturated rings. The summed E-state index contributed by atoms with van der Waals surface area (Å²) >= 11 is 0. The Morgan fingerprint density at radius 1 is 1.30 bits per heavy atom. The number of anilines is 1. The fourth-order valence-corrected chi connectivity index (χ4v) is 3.63. The fraction of sp³-hybridized carbons (Fsp3) is 0.600. The van der Waals surface area contributed by atoms with E-state index in [1.807, 2.05) is 13.0 Å². The molecule has 0 aromatic heterocycles. The van der Waals surface area contributed by atoms with Crippen molar-refractivity contribution >= 4 is 11.4 Å². The molecule has 2 saturated heterocycles. The maximum absolute atomic E-state index is 11.0. The van der Waals surface area contributed by atoms with E-state index in [1.165, 1.54) is 12.8 Å². The molecule has 108 valence electrons. The molecule has 5 heteroatoms. The first-order valence-corrected chi connectivity index (χ1v) is 7.28. The lowest BCUT2D eigenvalue weighted by Crippen LogP contribution is -2.47. The molecule has 2 heterocycles. The van der Waals surface area contributed by atoms with Gasteiger partial charge >= 0.3 is 0 Å². The molecule has 2 unspecified atom stereocenters. The molecule has 1 N–H and O–H groups in total. The van der Waals surface area contributed by atoms with E-state index in [2.05, 4.69) is 17.3 Å². The molecule has 1 aromatic rings. The Labute approximate surface area is 119 Å². The van der Waals surface area contributed by atoms with Crippen molar-refractivity contribution < 1.29 is 4.92 Å². The van der Waals surface area contributed by atoms with Gasteiger partial charge in [0.25, 0.3) is 5.69 Å². The summed E-state index contributed by atoms with van der Waals surface area (Å²) in [4.78, 5) is 12.9. The van der Waals surface area contributed by atoms with E-state index in [1.54, 1.807) is 12.1 Å².